The number of rotatable bonds is 5. The summed E-state index contributed by atoms with van der Waals surface area (Å²) in [5.41, 5.74) is 0. The molecule has 14 heavy (non-hydrogen) atoms. The fourth-order valence-electron chi connectivity index (χ4n) is 1.93. The topological polar surface area (TPSA) is 32.7 Å². The van der Waals surface area contributed by atoms with Gasteiger partial charge in [-0.1, -0.05) is 6.92 Å². The lowest BCUT2D eigenvalue weighted by Crippen LogP contribution is -2.34. The number of aliphatic hydroxyl groups excluding tert-OH is 1. The zero-order valence-corrected chi connectivity index (χ0v) is 9.41. The summed E-state index contributed by atoms with van der Waals surface area (Å²) >= 11 is 0. The first kappa shape index (κ1) is 12.0. The molecule has 1 aliphatic heterocycles. The molecule has 0 aromatic heterocycles. The second-order valence-electron chi connectivity index (χ2n) is 4.34. The Labute approximate surface area is 87.1 Å². The summed E-state index contributed by atoms with van der Waals surface area (Å²) in [5, 5.41) is 9.49. The molecule has 3 heteroatoms. The van der Waals surface area contributed by atoms with Crippen molar-refractivity contribution in [2.45, 2.75) is 32.3 Å². The predicted octanol–water partition coefficient (Wildman–Crippen LogP) is 1.12. The van der Waals surface area contributed by atoms with Gasteiger partial charge in [-0.2, -0.15) is 0 Å². The van der Waals surface area contributed by atoms with Crippen LogP contribution in [-0.4, -0.2) is 49.5 Å². The number of aliphatic hydroxyl groups is 1. The lowest BCUT2D eigenvalue weighted by atomic mass is 10.00. The second-order valence-corrected chi connectivity index (χ2v) is 4.34. The molecule has 0 radical (unpaired) electrons. The van der Waals surface area contributed by atoms with Gasteiger partial charge in [0.25, 0.3) is 0 Å². The van der Waals surface area contributed by atoms with Crippen molar-refractivity contribution in [1.29, 1.82) is 0 Å². The fourth-order valence-corrected chi connectivity index (χ4v) is 1.93. The van der Waals surface area contributed by atoms with Gasteiger partial charge in [0.2, 0.25) is 0 Å². The minimum Gasteiger partial charge on any atom is -0.392 e. The van der Waals surface area contributed by atoms with Gasteiger partial charge >= 0.3 is 0 Å². The van der Waals surface area contributed by atoms with E-state index in [9.17, 15) is 5.11 Å². The van der Waals surface area contributed by atoms with Crippen molar-refractivity contribution >= 4 is 0 Å². The molecule has 0 spiro atoms. The van der Waals surface area contributed by atoms with E-state index in [0.717, 1.165) is 38.6 Å². The third kappa shape index (κ3) is 4.40. The monoisotopic (exact) mass is 201 g/mol. The van der Waals surface area contributed by atoms with E-state index in [0.29, 0.717) is 0 Å². The summed E-state index contributed by atoms with van der Waals surface area (Å²) in [6, 6.07) is 0. The van der Waals surface area contributed by atoms with Gasteiger partial charge in [0, 0.05) is 26.3 Å². The Balaban J connectivity index is 2.14. The van der Waals surface area contributed by atoms with Crippen LogP contribution >= 0.6 is 0 Å². The van der Waals surface area contributed by atoms with Gasteiger partial charge in [0.05, 0.1) is 6.10 Å². The molecular formula is C11H23NO2. The molecule has 1 aliphatic rings. The molecule has 0 bridgehead atoms. The lowest BCUT2D eigenvalue weighted by Gasteiger charge is -2.28. The van der Waals surface area contributed by atoms with Crippen LogP contribution < -0.4 is 0 Å². The Hall–Kier alpha value is -0.120. The van der Waals surface area contributed by atoms with Gasteiger partial charge in [0.1, 0.15) is 0 Å². The smallest absolute Gasteiger partial charge is 0.0664 e. The summed E-state index contributed by atoms with van der Waals surface area (Å²) in [6.45, 7) is 5.74. The van der Waals surface area contributed by atoms with Crippen molar-refractivity contribution in [1.82, 2.24) is 4.90 Å². The van der Waals surface area contributed by atoms with E-state index in [4.69, 9.17) is 4.74 Å². The molecule has 1 atom stereocenters. The quantitative estimate of drug-likeness (QED) is 0.723. The Morgan fingerprint density at radius 3 is 2.64 bits per heavy atom. The average Bonchev–Trinajstić information content (AvgIpc) is 2.19. The fraction of sp³-hybridized carbons (Fsp3) is 1.00. The number of hydrogen-bond donors (Lipinski definition) is 1. The number of likely N-dealkylation sites (N-methyl/N-ethyl adjacent to an activating group) is 1. The summed E-state index contributed by atoms with van der Waals surface area (Å²) in [5.74, 6) is 0.762. The third-order valence-corrected chi connectivity index (χ3v) is 2.90. The Morgan fingerprint density at radius 2 is 2.07 bits per heavy atom. The summed E-state index contributed by atoms with van der Waals surface area (Å²) in [6.07, 6.45) is 3.02. The Bertz CT molecular complexity index is 146. The minimum absolute atomic E-state index is 0.167. The van der Waals surface area contributed by atoms with Gasteiger partial charge < -0.3 is 14.7 Å². The van der Waals surface area contributed by atoms with Crippen LogP contribution in [-0.2, 0) is 4.74 Å². The first-order chi connectivity index (χ1) is 6.72. The Kier molecular flexibility index (Phi) is 5.45. The van der Waals surface area contributed by atoms with Crippen LogP contribution in [0.4, 0.5) is 0 Å². The number of ether oxygens (including phenoxy) is 1. The SMILES string of the molecule is CCC(O)CN(C)CC1CCOCC1. The molecule has 3 nitrogen and oxygen atoms in total. The molecule has 0 aliphatic carbocycles. The zero-order valence-electron chi connectivity index (χ0n) is 9.41. The van der Waals surface area contributed by atoms with Gasteiger partial charge in [-0.05, 0) is 32.2 Å². The van der Waals surface area contributed by atoms with Crippen LogP contribution in [0.15, 0.2) is 0 Å². The first-order valence-corrected chi connectivity index (χ1v) is 5.66. The number of nitrogens with zero attached hydrogens (tertiary/aromatic N) is 1. The van der Waals surface area contributed by atoms with E-state index in [1.54, 1.807) is 0 Å². The maximum Gasteiger partial charge on any atom is 0.0664 e. The standard InChI is InChI=1S/C11H23NO2/c1-3-11(13)9-12(2)8-10-4-6-14-7-5-10/h10-11,13H,3-9H2,1-2H3. The average molecular weight is 201 g/mol. The minimum atomic E-state index is -0.167. The van der Waals surface area contributed by atoms with Crippen LogP contribution in [0.25, 0.3) is 0 Å². The summed E-state index contributed by atoms with van der Waals surface area (Å²) in [7, 11) is 2.09. The van der Waals surface area contributed by atoms with E-state index >= 15 is 0 Å². The van der Waals surface area contributed by atoms with Gasteiger partial charge in [0.15, 0.2) is 0 Å². The zero-order chi connectivity index (χ0) is 10.4. The molecule has 0 aromatic rings. The van der Waals surface area contributed by atoms with Crippen molar-refractivity contribution < 1.29 is 9.84 Å². The molecular weight excluding hydrogens is 178 g/mol. The van der Waals surface area contributed by atoms with Crippen molar-refractivity contribution in [2.75, 3.05) is 33.4 Å². The molecule has 1 saturated heterocycles. The molecule has 1 fully saturated rings. The molecule has 0 amide bonds. The Morgan fingerprint density at radius 1 is 1.43 bits per heavy atom. The number of hydrogen-bond acceptors (Lipinski definition) is 3. The first-order valence-electron chi connectivity index (χ1n) is 5.66. The summed E-state index contributed by atoms with van der Waals surface area (Å²) < 4.78 is 5.32. The second kappa shape index (κ2) is 6.38. The van der Waals surface area contributed by atoms with Crippen molar-refractivity contribution in [3.8, 4) is 0 Å². The van der Waals surface area contributed by atoms with Crippen molar-refractivity contribution in [3.05, 3.63) is 0 Å². The van der Waals surface area contributed by atoms with Crippen molar-refractivity contribution in [2.24, 2.45) is 5.92 Å². The van der Waals surface area contributed by atoms with Crippen LogP contribution in [0.2, 0.25) is 0 Å². The summed E-state index contributed by atoms with van der Waals surface area (Å²) in [4.78, 5) is 2.24. The molecule has 1 heterocycles. The van der Waals surface area contributed by atoms with E-state index in [-0.39, 0.29) is 6.10 Å². The van der Waals surface area contributed by atoms with E-state index in [2.05, 4.69) is 11.9 Å². The van der Waals surface area contributed by atoms with Crippen LogP contribution in [0.5, 0.6) is 0 Å². The molecule has 84 valence electrons. The van der Waals surface area contributed by atoms with Crippen LogP contribution in [0.3, 0.4) is 0 Å². The maximum absolute atomic E-state index is 9.49. The molecule has 0 saturated carbocycles. The molecule has 1 unspecified atom stereocenters. The largest absolute Gasteiger partial charge is 0.392 e. The lowest BCUT2D eigenvalue weighted by molar-refractivity contribution is 0.0475. The van der Waals surface area contributed by atoms with Crippen LogP contribution in [0.1, 0.15) is 26.2 Å². The van der Waals surface area contributed by atoms with Gasteiger partial charge in [-0.15, -0.1) is 0 Å². The van der Waals surface area contributed by atoms with E-state index in [1.165, 1.54) is 12.8 Å². The highest BCUT2D eigenvalue weighted by molar-refractivity contribution is 4.68. The molecule has 1 N–H and O–H groups in total. The predicted molar refractivity (Wildman–Crippen MR) is 57.3 cm³/mol. The van der Waals surface area contributed by atoms with Crippen molar-refractivity contribution in [3.63, 3.8) is 0 Å². The van der Waals surface area contributed by atoms with E-state index < -0.39 is 0 Å². The van der Waals surface area contributed by atoms with Gasteiger partial charge in [-0.25, -0.2) is 0 Å². The maximum atomic E-state index is 9.49. The van der Waals surface area contributed by atoms with Gasteiger partial charge in [-0.3, -0.25) is 0 Å². The highest BCUT2D eigenvalue weighted by Crippen LogP contribution is 2.15. The van der Waals surface area contributed by atoms with E-state index in [1.807, 2.05) is 6.92 Å². The normalized spacial score (nSPS) is 21.4. The molecule has 0 aromatic carbocycles. The molecule has 1 rings (SSSR count). The third-order valence-electron chi connectivity index (χ3n) is 2.90. The van der Waals surface area contributed by atoms with Crippen LogP contribution in [0, 0.1) is 5.92 Å². The highest BCUT2D eigenvalue weighted by Gasteiger charge is 2.16. The highest BCUT2D eigenvalue weighted by atomic mass is 16.5.